The third kappa shape index (κ3) is 11.2. The average Bonchev–Trinajstić information content (AvgIpc) is 2.69. The van der Waals surface area contributed by atoms with Gasteiger partial charge in [-0.2, -0.15) is 0 Å². The second kappa shape index (κ2) is 13.1. The molecule has 5 heteroatoms. The van der Waals surface area contributed by atoms with Crippen molar-refractivity contribution in [1.29, 1.82) is 0 Å². The van der Waals surface area contributed by atoms with Crippen molar-refractivity contribution in [3.8, 4) is 11.5 Å². The van der Waals surface area contributed by atoms with Crippen LogP contribution in [0.2, 0.25) is 0 Å². The van der Waals surface area contributed by atoms with Crippen molar-refractivity contribution in [2.45, 2.75) is 79.2 Å². The molecule has 0 heterocycles. The van der Waals surface area contributed by atoms with E-state index < -0.39 is 5.60 Å². The van der Waals surface area contributed by atoms with E-state index in [0.29, 0.717) is 12.8 Å². The third-order valence-electron chi connectivity index (χ3n) is 5.42. The van der Waals surface area contributed by atoms with Gasteiger partial charge in [0.05, 0.1) is 12.7 Å². The molecule has 1 atom stereocenters. The fraction of sp³-hybridized carbons (Fsp3) is 0.500. The number of rotatable bonds is 13. The van der Waals surface area contributed by atoms with Crippen LogP contribution in [0.3, 0.4) is 0 Å². The first-order valence-electron chi connectivity index (χ1n) is 11.5. The van der Waals surface area contributed by atoms with Crippen molar-refractivity contribution in [1.82, 2.24) is 0 Å². The summed E-state index contributed by atoms with van der Waals surface area (Å²) in [5.41, 5.74) is 2.73. The van der Waals surface area contributed by atoms with Gasteiger partial charge in [-0.1, -0.05) is 30.2 Å². The van der Waals surface area contributed by atoms with Crippen LogP contribution in [0.25, 0.3) is 0 Å². The number of carbonyl (C=O) groups excluding carboxylic acids is 2. The van der Waals surface area contributed by atoms with Crippen LogP contribution in [-0.4, -0.2) is 34.5 Å². The van der Waals surface area contributed by atoms with Gasteiger partial charge in [0.1, 0.15) is 11.5 Å². The summed E-state index contributed by atoms with van der Waals surface area (Å²) in [6, 6.07) is 3.35. The second-order valence-electron chi connectivity index (χ2n) is 9.53. The van der Waals surface area contributed by atoms with E-state index in [1.54, 1.807) is 39.2 Å². The van der Waals surface area contributed by atoms with Crippen molar-refractivity contribution in [2.24, 2.45) is 5.92 Å². The number of aliphatic hydroxyl groups is 1. The number of methoxy groups -OCH3 is 1. The summed E-state index contributed by atoms with van der Waals surface area (Å²) in [4.78, 5) is 24.5. The second-order valence-corrected chi connectivity index (χ2v) is 9.53. The van der Waals surface area contributed by atoms with Gasteiger partial charge in [-0.05, 0) is 90.2 Å². The maximum absolute atomic E-state index is 12.4. The first kappa shape index (κ1) is 28.4. The van der Waals surface area contributed by atoms with E-state index in [1.165, 1.54) is 12.2 Å². The van der Waals surface area contributed by atoms with E-state index in [0.717, 1.165) is 47.3 Å². The molecule has 1 aromatic rings. The fourth-order valence-electron chi connectivity index (χ4n) is 3.58. The number of allylic oxidation sites excluding steroid dienone is 5. The standard InChI is InChI=1S/C28H40O5/c1-19(9-8-10-21(3)26(31)13-14-28(5,6)32)15-24(29)16-20(2)11-12-23-18-25(30)17-22(4)27(23)33-7/h11,13-15,17-18,21,30,32H,8-10,12,16H2,1-7H3/b14-13+,19-15+,20-11+. The van der Waals surface area contributed by atoms with E-state index in [-0.39, 0.29) is 23.2 Å². The van der Waals surface area contributed by atoms with E-state index >= 15 is 0 Å². The number of benzene rings is 1. The molecular formula is C28H40O5. The van der Waals surface area contributed by atoms with Crippen LogP contribution < -0.4 is 4.74 Å². The zero-order valence-corrected chi connectivity index (χ0v) is 21.2. The number of carbonyl (C=O) groups is 2. The van der Waals surface area contributed by atoms with Gasteiger partial charge in [-0.15, -0.1) is 0 Å². The highest BCUT2D eigenvalue weighted by Gasteiger charge is 2.13. The lowest BCUT2D eigenvalue weighted by molar-refractivity contribution is -0.118. The summed E-state index contributed by atoms with van der Waals surface area (Å²) in [6.45, 7) is 10.9. The monoisotopic (exact) mass is 456 g/mol. The van der Waals surface area contributed by atoms with Gasteiger partial charge in [0.2, 0.25) is 0 Å². The zero-order chi connectivity index (χ0) is 25.2. The minimum Gasteiger partial charge on any atom is -0.508 e. The topological polar surface area (TPSA) is 83.8 Å². The molecule has 0 bridgehead atoms. The summed E-state index contributed by atoms with van der Waals surface area (Å²) in [5, 5.41) is 19.5. The summed E-state index contributed by atoms with van der Waals surface area (Å²) in [7, 11) is 1.61. The number of aromatic hydroxyl groups is 1. The minimum absolute atomic E-state index is 0.00848. The van der Waals surface area contributed by atoms with Crippen LogP contribution in [0, 0.1) is 12.8 Å². The van der Waals surface area contributed by atoms with Crippen molar-refractivity contribution < 1.29 is 24.5 Å². The number of ketones is 2. The largest absolute Gasteiger partial charge is 0.508 e. The highest BCUT2D eigenvalue weighted by Crippen LogP contribution is 2.29. The Morgan fingerprint density at radius 1 is 1.18 bits per heavy atom. The van der Waals surface area contributed by atoms with E-state index in [4.69, 9.17) is 4.74 Å². The van der Waals surface area contributed by atoms with Gasteiger partial charge >= 0.3 is 0 Å². The quantitative estimate of drug-likeness (QED) is 0.289. The highest BCUT2D eigenvalue weighted by molar-refractivity contribution is 5.92. The Hall–Kier alpha value is -2.66. The number of hydrogen-bond donors (Lipinski definition) is 2. The summed E-state index contributed by atoms with van der Waals surface area (Å²) >= 11 is 0. The summed E-state index contributed by atoms with van der Waals surface area (Å²) < 4.78 is 5.44. The van der Waals surface area contributed by atoms with Gasteiger partial charge in [0, 0.05) is 17.9 Å². The molecule has 0 saturated heterocycles. The number of ether oxygens (including phenoxy) is 1. The van der Waals surface area contributed by atoms with Gasteiger partial charge in [-0.3, -0.25) is 9.59 Å². The van der Waals surface area contributed by atoms with Crippen LogP contribution in [-0.2, 0) is 16.0 Å². The van der Waals surface area contributed by atoms with Gasteiger partial charge in [0.15, 0.2) is 11.6 Å². The molecule has 2 N–H and O–H groups in total. The maximum atomic E-state index is 12.4. The Kier molecular flexibility index (Phi) is 11.3. The van der Waals surface area contributed by atoms with Crippen LogP contribution >= 0.6 is 0 Å². The molecule has 1 aromatic carbocycles. The molecule has 0 aliphatic rings. The molecule has 0 radical (unpaired) electrons. The number of aryl methyl sites for hydroxylation is 1. The normalized spacial score (nSPS) is 13.9. The molecule has 5 nitrogen and oxygen atoms in total. The molecule has 0 fully saturated rings. The SMILES string of the molecule is COc1c(C)cc(O)cc1C/C=C(\C)CC(=O)/C=C(\C)CCCC(C)C(=O)/C=C/C(C)(C)O. The van der Waals surface area contributed by atoms with Crippen LogP contribution in [0.1, 0.15) is 71.4 Å². The molecule has 0 saturated carbocycles. The molecule has 33 heavy (non-hydrogen) atoms. The average molecular weight is 457 g/mol. The lowest BCUT2D eigenvalue weighted by Crippen LogP contribution is -2.16. The van der Waals surface area contributed by atoms with Crippen molar-refractivity contribution in [3.63, 3.8) is 0 Å². The van der Waals surface area contributed by atoms with Crippen LogP contribution in [0.5, 0.6) is 11.5 Å². The highest BCUT2D eigenvalue weighted by atomic mass is 16.5. The fourth-order valence-corrected chi connectivity index (χ4v) is 3.58. The predicted molar refractivity (Wildman–Crippen MR) is 134 cm³/mol. The Morgan fingerprint density at radius 3 is 2.45 bits per heavy atom. The van der Waals surface area contributed by atoms with Crippen molar-refractivity contribution in [3.05, 3.63) is 58.7 Å². The van der Waals surface area contributed by atoms with Gasteiger partial charge < -0.3 is 14.9 Å². The lowest BCUT2D eigenvalue weighted by Gasteiger charge is -2.12. The molecule has 0 aliphatic carbocycles. The van der Waals surface area contributed by atoms with Gasteiger partial charge in [0.25, 0.3) is 0 Å². The molecule has 0 aliphatic heterocycles. The Labute approximate surface area is 198 Å². The first-order valence-corrected chi connectivity index (χ1v) is 11.5. The Bertz CT molecular complexity index is 913. The summed E-state index contributed by atoms with van der Waals surface area (Å²) in [5.74, 6) is 0.900. The smallest absolute Gasteiger partial charge is 0.159 e. The van der Waals surface area contributed by atoms with E-state index in [2.05, 4.69) is 0 Å². The Morgan fingerprint density at radius 2 is 1.85 bits per heavy atom. The molecule has 182 valence electrons. The van der Waals surface area contributed by atoms with Gasteiger partial charge in [-0.25, -0.2) is 0 Å². The number of phenolic OH excluding ortho intramolecular Hbond substituents is 1. The molecular weight excluding hydrogens is 416 g/mol. The number of hydrogen-bond acceptors (Lipinski definition) is 5. The Balaban J connectivity index is 2.56. The molecule has 0 amide bonds. The summed E-state index contributed by atoms with van der Waals surface area (Å²) in [6.07, 6.45) is 9.90. The number of phenols is 1. The van der Waals surface area contributed by atoms with E-state index in [9.17, 15) is 19.8 Å². The predicted octanol–water partition coefficient (Wildman–Crippen LogP) is 5.81. The lowest BCUT2D eigenvalue weighted by atomic mass is 9.96. The van der Waals surface area contributed by atoms with Crippen LogP contribution in [0.15, 0.2) is 47.6 Å². The van der Waals surface area contributed by atoms with Crippen LogP contribution in [0.4, 0.5) is 0 Å². The molecule has 1 rings (SSSR count). The molecule has 0 aromatic heterocycles. The maximum Gasteiger partial charge on any atom is 0.159 e. The van der Waals surface area contributed by atoms with Crippen molar-refractivity contribution >= 4 is 11.6 Å². The first-order chi connectivity index (χ1) is 15.3. The van der Waals surface area contributed by atoms with Crippen molar-refractivity contribution in [2.75, 3.05) is 7.11 Å². The zero-order valence-electron chi connectivity index (χ0n) is 21.2. The minimum atomic E-state index is -0.991. The molecule has 1 unspecified atom stereocenters. The van der Waals surface area contributed by atoms with E-state index in [1.807, 2.05) is 33.8 Å². The molecule has 0 spiro atoms. The third-order valence-corrected chi connectivity index (χ3v) is 5.42.